The molecule has 26 heavy (non-hydrogen) atoms. The van der Waals surface area contributed by atoms with Crippen molar-refractivity contribution in [2.45, 2.75) is 6.18 Å². The number of hydrogen-bond acceptors (Lipinski definition) is 2. The number of carbonyl (C=O) groups excluding carboxylic acids is 1. The number of rotatable bonds is 2. The van der Waals surface area contributed by atoms with E-state index in [9.17, 15) is 22.4 Å². The number of nitrogens with zero attached hydrogens (tertiary/aromatic N) is 2. The van der Waals surface area contributed by atoms with Crippen molar-refractivity contribution in [3.63, 3.8) is 0 Å². The third-order valence-electron chi connectivity index (χ3n) is 4.18. The molecule has 1 heterocycles. The zero-order valence-electron chi connectivity index (χ0n) is 13.8. The second kappa shape index (κ2) is 7.23. The van der Waals surface area contributed by atoms with Crippen molar-refractivity contribution in [2.24, 2.45) is 0 Å². The standard InChI is InChI=1S/C18H17F4N3O/c19-14-4-2-6-16(12-14)24-7-9-25(10-8-24)17(26)23-15-5-1-3-13(11-15)18(20,21)22/h1-6,11-12H,7-10H2,(H,23,26). The Balaban J connectivity index is 1.59. The zero-order valence-corrected chi connectivity index (χ0v) is 13.8. The highest BCUT2D eigenvalue weighted by molar-refractivity contribution is 5.89. The number of anilines is 2. The summed E-state index contributed by atoms with van der Waals surface area (Å²) in [6.07, 6.45) is -4.46. The Morgan fingerprint density at radius 3 is 2.31 bits per heavy atom. The summed E-state index contributed by atoms with van der Waals surface area (Å²) in [5.41, 5.74) is 0.0199. The van der Waals surface area contributed by atoms with E-state index >= 15 is 0 Å². The van der Waals surface area contributed by atoms with Crippen molar-refractivity contribution >= 4 is 17.4 Å². The van der Waals surface area contributed by atoms with Crippen LogP contribution in [0.2, 0.25) is 0 Å². The lowest BCUT2D eigenvalue weighted by Crippen LogP contribution is -2.50. The quantitative estimate of drug-likeness (QED) is 0.808. The first-order chi connectivity index (χ1) is 12.3. The highest BCUT2D eigenvalue weighted by atomic mass is 19.4. The van der Waals surface area contributed by atoms with E-state index in [1.54, 1.807) is 12.1 Å². The minimum Gasteiger partial charge on any atom is -0.368 e. The fourth-order valence-corrected chi connectivity index (χ4v) is 2.82. The van der Waals surface area contributed by atoms with Gasteiger partial charge in [-0.3, -0.25) is 0 Å². The molecule has 3 rings (SSSR count). The Morgan fingerprint density at radius 2 is 1.65 bits per heavy atom. The smallest absolute Gasteiger partial charge is 0.368 e. The van der Waals surface area contributed by atoms with E-state index in [1.165, 1.54) is 29.2 Å². The molecule has 0 radical (unpaired) electrons. The second-order valence-electron chi connectivity index (χ2n) is 5.96. The van der Waals surface area contributed by atoms with Gasteiger partial charge in [0.05, 0.1) is 5.56 Å². The lowest BCUT2D eigenvalue weighted by Gasteiger charge is -2.36. The van der Waals surface area contributed by atoms with Crippen molar-refractivity contribution in [3.8, 4) is 0 Å². The van der Waals surface area contributed by atoms with Crippen molar-refractivity contribution in [3.05, 3.63) is 59.9 Å². The maximum Gasteiger partial charge on any atom is 0.416 e. The molecule has 0 aromatic heterocycles. The van der Waals surface area contributed by atoms with E-state index in [1.807, 2.05) is 4.90 Å². The van der Waals surface area contributed by atoms with E-state index in [-0.39, 0.29) is 11.5 Å². The van der Waals surface area contributed by atoms with Crippen molar-refractivity contribution in [2.75, 3.05) is 36.4 Å². The summed E-state index contributed by atoms with van der Waals surface area (Å²) in [6, 6.07) is 10.3. The van der Waals surface area contributed by atoms with Gasteiger partial charge < -0.3 is 15.1 Å². The average molecular weight is 367 g/mol. The van der Waals surface area contributed by atoms with Crippen LogP contribution in [0.5, 0.6) is 0 Å². The van der Waals surface area contributed by atoms with Crippen LogP contribution in [0.15, 0.2) is 48.5 Å². The minimum absolute atomic E-state index is 0.0948. The van der Waals surface area contributed by atoms with Crippen LogP contribution in [0.25, 0.3) is 0 Å². The van der Waals surface area contributed by atoms with Crippen molar-refractivity contribution in [1.82, 2.24) is 4.90 Å². The van der Waals surface area contributed by atoms with E-state index in [4.69, 9.17) is 0 Å². The Bertz CT molecular complexity index is 786. The van der Waals surface area contributed by atoms with Gasteiger partial charge in [0.2, 0.25) is 0 Å². The van der Waals surface area contributed by atoms with Gasteiger partial charge in [-0.25, -0.2) is 9.18 Å². The van der Waals surface area contributed by atoms with Gasteiger partial charge in [-0.05, 0) is 36.4 Å². The minimum atomic E-state index is -4.46. The Morgan fingerprint density at radius 1 is 0.962 bits per heavy atom. The number of halogens is 4. The molecule has 1 aliphatic heterocycles. The molecule has 2 aromatic rings. The van der Waals surface area contributed by atoms with Gasteiger partial charge in [-0.15, -0.1) is 0 Å². The summed E-state index contributed by atoms with van der Waals surface area (Å²) in [6.45, 7) is 1.81. The van der Waals surface area contributed by atoms with Crippen LogP contribution < -0.4 is 10.2 Å². The van der Waals surface area contributed by atoms with E-state index in [2.05, 4.69) is 5.32 Å². The van der Waals surface area contributed by atoms with Gasteiger partial charge >= 0.3 is 12.2 Å². The predicted octanol–water partition coefficient (Wildman–Crippen LogP) is 4.20. The molecule has 1 fully saturated rings. The predicted molar refractivity (Wildman–Crippen MR) is 90.6 cm³/mol. The second-order valence-corrected chi connectivity index (χ2v) is 5.96. The van der Waals surface area contributed by atoms with Gasteiger partial charge in [0.25, 0.3) is 0 Å². The lowest BCUT2D eigenvalue weighted by atomic mass is 10.2. The third kappa shape index (κ3) is 4.25. The summed E-state index contributed by atoms with van der Waals surface area (Å²) in [4.78, 5) is 15.8. The molecule has 0 atom stereocenters. The molecular weight excluding hydrogens is 350 g/mol. The summed E-state index contributed by atoms with van der Waals surface area (Å²) in [7, 11) is 0. The number of hydrogen-bond donors (Lipinski definition) is 1. The van der Waals surface area contributed by atoms with Crippen LogP contribution in [-0.4, -0.2) is 37.1 Å². The number of piperazine rings is 1. The number of alkyl halides is 3. The first kappa shape index (κ1) is 18.0. The third-order valence-corrected chi connectivity index (χ3v) is 4.18. The van der Waals surface area contributed by atoms with Gasteiger partial charge in [-0.1, -0.05) is 12.1 Å². The molecular formula is C18H17F4N3O. The monoisotopic (exact) mass is 367 g/mol. The normalized spacial score (nSPS) is 15.1. The molecule has 0 spiro atoms. The summed E-state index contributed by atoms with van der Waals surface area (Å²) >= 11 is 0. The van der Waals surface area contributed by atoms with Crippen LogP contribution in [0.3, 0.4) is 0 Å². The summed E-state index contributed by atoms with van der Waals surface area (Å²) < 4.78 is 51.5. The highest BCUT2D eigenvalue weighted by Crippen LogP contribution is 2.30. The molecule has 2 aromatic carbocycles. The average Bonchev–Trinajstić information content (AvgIpc) is 2.61. The van der Waals surface area contributed by atoms with Crippen LogP contribution in [0, 0.1) is 5.82 Å². The summed E-state index contributed by atoms with van der Waals surface area (Å²) in [5.74, 6) is -0.327. The Kier molecular flexibility index (Phi) is 5.01. The molecule has 1 aliphatic rings. The lowest BCUT2D eigenvalue weighted by molar-refractivity contribution is -0.137. The Labute approximate surface area is 148 Å². The van der Waals surface area contributed by atoms with Gasteiger partial charge in [0, 0.05) is 37.6 Å². The summed E-state index contributed by atoms with van der Waals surface area (Å²) in [5, 5.41) is 2.50. The molecule has 8 heteroatoms. The number of benzene rings is 2. The van der Waals surface area contributed by atoms with Crippen molar-refractivity contribution < 1.29 is 22.4 Å². The van der Waals surface area contributed by atoms with Crippen molar-refractivity contribution in [1.29, 1.82) is 0 Å². The van der Waals surface area contributed by atoms with Crippen LogP contribution in [0.4, 0.5) is 33.7 Å². The molecule has 4 nitrogen and oxygen atoms in total. The van der Waals surface area contributed by atoms with Crippen LogP contribution in [0.1, 0.15) is 5.56 Å². The van der Waals surface area contributed by atoms with E-state index in [0.717, 1.165) is 17.8 Å². The number of carbonyl (C=O) groups is 1. The molecule has 1 saturated heterocycles. The molecule has 1 N–H and O–H groups in total. The molecule has 2 amide bonds. The zero-order chi connectivity index (χ0) is 18.7. The highest BCUT2D eigenvalue weighted by Gasteiger charge is 2.30. The van der Waals surface area contributed by atoms with Gasteiger partial charge in [0.15, 0.2) is 0 Å². The van der Waals surface area contributed by atoms with Gasteiger partial charge in [0.1, 0.15) is 5.82 Å². The maximum absolute atomic E-state index is 13.3. The molecule has 0 saturated carbocycles. The fraction of sp³-hybridized carbons (Fsp3) is 0.278. The molecule has 0 aliphatic carbocycles. The van der Waals surface area contributed by atoms with Crippen LogP contribution in [-0.2, 0) is 6.18 Å². The first-order valence-corrected chi connectivity index (χ1v) is 8.06. The van der Waals surface area contributed by atoms with E-state index in [0.29, 0.717) is 26.2 Å². The van der Waals surface area contributed by atoms with Crippen LogP contribution >= 0.6 is 0 Å². The largest absolute Gasteiger partial charge is 0.416 e. The SMILES string of the molecule is O=C(Nc1cccc(C(F)(F)F)c1)N1CCN(c2cccc(F)c2)CC1. The molecule has 0 unspecified atom stereocenters. The first-order valence-electron chi connectivity index (χ1n) is 8.06. The molecule has 138 valence electrons. The topological polar surface area (TPSA) is 35.6 Å². The number of nitrogens with one attached hydrogen (secondary N) is 1. The van der Waals surface area contributed by atoms with Gasteiger partial charge in [-0.2, -0.15) is 13.2 Å². The van der Waals surface area contributed by atoms with E-state index < -0.39 is 17.8 Å². The Hall–Kier alpha value is -2.77. The number of urea groups is 1. The fourth-order valence-electron chi connectivity index (χ4n) is 2.82. The molecule has 0 bridgehead atoms. The maximum atomic E-state index is 13.3. The number of amides is 2.